The average Bonchev–Trinajstić information content (AvgIpc) is 2.38. The van der Waals surface area contributed by atoms with Crippen LogP contribution in [0.3, 0.4) is 0 Å². The topological polar surface area (TPSA) is 71.2 Å². The summed E-state index contributed by atoms with van der Waals surface area (Å²) in [7, 11) is 3.78. The molecule has 20 heavy (non-hydrogen) atoms. The van der Waals surface area contributed by atoms with Crippen LogP contribution >= 0.6 is 11.6 Å². The van der Waals surface area contributed by atoms with Crippen molar-refractivity contribution in [3.8, 4) is 0 Å². The van der Waals surface area contributed by atoms with Gasteiger partial charge in [-0.2, -0.15) is 0 Å². The van der Waals surface area contributed by atoms with E-state index in [4.69, 9.17) is 17.3 Å². The number of hydrogen-bond donors (Lipinski definition) is 2. The number of carbonyl (C=O) groups excluding carboxylic acids is 1. The van der Waals surface area contributed by atoms with Crippen LogP contribution in [0.2, 0.25) is 5.02 Å². The Labute approximate surface area is 122 Å². The SMILES string of the molecule is CN(C)c1ccncc1NC(=O)c1ccc(Cl)cc1N. The van der Waals surface area contributed by atoms with Crippen LogP contribution in [0.1, 0.15) is 10.4 Å². The van der Waals surface area contributed by atoms with Crippen molar-refractivity contribution in [1.29, 1.82) is 0 Å². The van der Waals surface area contributed by atoms with Gasteiger partial charge in [0.25, 0.3) is 5.91 Å². The van der Waals surface area contributed by atoms with Gasteiger partial charge < -0.3 is 16.0 Å². The van der Waals surface area contributed by atoms with Crippen LogP contribution in [-0.2, 0) is 0 Å². The van der Waals surface area contributed by atoms with Gasteiger partial charge in [-0.05, 0) is 24.3 Å². The maximum absolute atomic E-state index is 12.2. The van der Waals surface area contributed by atoms with E-state index in [1.807, 2.05) is 25.1 Å². The molecule has 0 aliphatic heterocycles. The van der Waals surface area contributed by atoms with Crippen LogP contribution in [0.15, 0.2) is 36.7 Å². The zero-order valence-corrected chi connectivity index (χ0v) is 12.0. The molecule has 3 N–H and O–H groups in total. The van der Waals surface area contributed by atoms with E-state index < -0.39 is 0 Å². The highest BCUT2D eigenvalue weighted by molar-refractivity contribution is 6.31. The van der Waals surface area contributed by atoms with Gasteiger partial charge in [0.05, 0.1) is 23.1 Å². The minimum atomic E-state index is -0.296. The normalized spacial score (nSPS) is 10.2. The molecule has 0 spiro atoms. The molecule has 0 atom stereocenters. The largest absolute Gasteiger partial charge is 0.398 e. The maximum Gasteiger partial charge on any atom is 0.257 e. The van der Waals surface area contributed by atoms with Crippen LogP contribution in [0.4, 0.5) is 17.1 Å². The van der Waals surface area contributed by atoms with Crippen LogP contribution in [0, 0.1) is 0 Å². The number of aromatic nitrogens is 1. The number of pyridine rings is 1. The number of carbonyl (C=O) groups is 1. The molecule has 1 heterocycles. The molecule has 2 rings (SSSR count). The van der Waals surface area contributed by atoms with E-state index in [0.29, 0.717) is 22.0 Å². The number of nitrogens with two attached hydrogens (primary N) is 1. The molecule has 0 radical (unpaired) electrons. The summed E-state index contributed by atoms with van der Waals surface area (Å²) >= 11 is 5.82. The van der Waals surface area contributed by atoms with E-state index in [1.165, 1.54) is 0 Å². The average molecular weight is 291 g/mol. The number of benzene rings is 1. The summed E-state index contributed by atoms with van der Waals surface area (Å²) in [5, 5.41) is 3.30. The summed E-state index contributed by atoms with van der Waals surface area (Å²) in [4.78, 5) is 18.1. The molecule has 2 aromatic rings. The first kappa shape index (κ1) is 14.1. The number of nitrogens with one attached hydrogen (secondary N) is 1. The van der Waals surface area contributed by atoms with Gasteiger partial charge in [-0.3, -0.25) is 9.78 Å². The second-order valence-electron chi connectivity index (χ2n) is 4.47. The molecule has 0 aliphatic rings. The zero-order valence-electron chi connectivity index (χ0n) is 11.2. The van der Waals surface area contributed by atoms with Crippen molar-refractivity contribution in [3.05, 3.63) is 47.2 Å². The van der Waals surface area contributed by atoms with Gasteiger partial charge in [0.2, 0.25) is 0 Å². The number of hydrogen-bond acceptors (Lipinski definition) is 4. The Morgan fingerprint density at radius 3 is 2.75 bits per heavy atom. The Kier molecular flexibility index (Phi) is 4.10. The number of nitrogen functional groups attached to an aromatic ring is 1. The molecule has 1 aromatic carbocycles. The summed E-state index contributed by atoms with van der Waals surface area (Å²) in [6, 6.07) is 6.59. The molecule has 104 valence electrons. The van der Waals surface area contributed by atoms with Gasteiger partial charge >= 0.3 is 0 Å². The van der Waals surface area contributed by atoms with Gasteiger partial charge in [0, 0.05) is 31.0 Å². The smallest absolute Gasteiger partial charge is 0.257 e. The van der Waals surface area contributed by atoms with Gasteiger partial charge in [-0.15, -0.1) is 0 Å². The Bertz CT molecular complexity index is 643. The van der Waals surface area contributed by atoms with Gasteiger partial charge in [-0.1, -0.05) is 11.6 Å². The summed E-state index contributed by atoms with van der Waals surface area (Å²) < 4.78 is 0. The minimum Gasteiger partial charge on any atom is -0.398 e. The van der Waals surface area contributed by atoms with Crippen molar-refractivity contribution >= 4 is 34.6 Å². The predicted octanol–water partition coefficient (Wildman–Crippen LogP) is 2.64. The number of nitrogens with zero attached hydrogens (tertiary/aromatic N) is 2. The molecule has 0 aliphatic carbocycles. The molecule has 1 aromatic heterocycles. The van der Waals surface area contributed by atoms with Gasteiger partial charge in [-0.25, -0.2) is 0 Å². The third-order valence-corrected chi connectivity index (χ3v) is 3.02. The van der Waals surface area contributed by atoms with Crippen molar-refractivity contribution in [2.45, 2.75) is 0 Å². The highest BCUT2D eigenvalue weighted by Gasteiger charge is 2.13. The molecule has 1 amide bonds. The van der Waals surface area contributed by atoms with Crippen molar-refractivity contribution < 1.29 is 4.79 Å². The maximum atomic E-state index is 12.2. The first-order valence-corrected chi connectivity index (χ1v) is 6.34. The second-order valence-corrected chi connectivity index (χ2v) is 4.91. The van der Waals surface area contributed by atoms with Crippen molar-refractivity contribution in [1.82, 2.24) is 4.98 Å². The fourth-order valence-electron chi connectivity index (χ4n) is 1.80. The number of halogens is 1. The molecule has 0 saturated carbocycles. The van der Waals surface area contributed by atoms with Crippen molar-refractivity contribution in [2.75, 3.05) is 30.0 Å². The Hall–Kier alpha value is -2.27. The van der Waals surface area contributed by atoms with E-state index >= 15 is 0 Å². The molecular formula is C14H15ClN4O. The molecule has 5 nitrogen and oxygen atoms in total. The van der Waals surface area contributed by atoms with E-state index in [2.05, 4.69) is 10.3 Å². The highest BCUT2D eigenvalue weighted by Crippen LogP contribution is 2.24. The molecular weight excluding hydrogens is 276 g/mol. The van der Waals surface area contributed by atoms with E-state index in [9.17, 15) is 4.79 Å². The monoisotopic (exact) mass is 290 g/mol. The van der Waals surface area contributed by atoms with Gasteiger partial charge in [0.1, 0.15) is 0 Å². The lowest BCUT2D eigenvalue weighted by molar-refractivity contribution is 0.102. The quantitative estimate of drug-likeness (QED) is 0.853. The minimum absolute atomic E-state index is 0.296. The third kappa shape index (κ3) is 3.00. The summed E-state index contributed by atoms with van der Waals surface area (Å²) in [6.07, 6.45) is 3.26. The number of anilines is 3. The molecule has 6 heteroatoms. The lowest BCUT2D eigenvalue weighted by Crippen LogP contribution is -2.18. The third-order valence-electron chi connectivity index (χ3n) is 2.79. The zero-order chi connectivity index (χ0) is 14.7. The first-order chi connectivity index (χ1) is 9.49. The van der Waals surface area contributed by atoms with Crippen molar-refractivity contribution in [3.63, 3.8) is 0 Å². The van der Waals surface area contributed by atoms with Crippen molar-refractivity contribution in [2.24, 2.45) is 0 Å². The van der Waals surface area contributed by atoms with Gasteiger partial charge in [0.15, 0.2) is 0 Å². The van der Waals surface area contributed by atoms with E-state index in [0.717, 1.165) is 5.69 Å². The summed E-state index contributed by atoms with van der Waals surface area (Å²) in [6.45, 7) is 0. The Balaban J connectivity index is 2.28. The fourth-order valence-corrected chi connectivity index (χ4v) is 1.98. The molecule has 0 saturated heterocycles. The Morgan fingerprint density at radius 1 is 1.35 bits per heavy atom. The predicted molar refractivity (Wildman–Crippen MR) is 82.4 cm³/mol. The van der Waals surface area contributed by atoms with Crippen LogP contribution in [0.25, 0.3) is 0 Å². The standard InChI is InChI=1S/C14H15ClN4O/c1-19(2)13-5-6-17-8-12(13)18-14(20)10-4-3-9(15)7-11(10)16/h3-8H,16H2,1-2H3,(H,18,20). The summed E-state index contributed by atoms with van der Waals surface area (Å²) in [5.41, 5.74) is 8.00. The highest BCUT2D eigenvalue weighted by atomic mass is 35.5. The van der Waals surface area contributed by atoms with Crippen LogP contribution in [0.5, 0.6) is 0 Å². The van der Waals surface area contributed by atoms with Crippen LogP contribution < -0.4 is 16.0 Å². The van der Waals surface area contributed by atoms with E-state index in [-0.39, 0.29) is 5.91 Å². The Morgan fingerprint density at radius 2 is 2.10 bits per heavy atom. The molecule has 0 unspecified atom stereocenters. The lowest BCUT2D eigenvalue weighted by Gasteiger charge is -2.17. The van der Waals surface area contributed by atoms with Crippen LogP contribution in [-0.4, -0.2) is 25.0 Å². The lowest BCUT2D eigenvalue weighted by atomic mass is 10.1. The molecule has 0 fully saturated rings. The second kappa shape index (κ2) is 5.79. The number of rotatable bonds is 3. The fraction of sp³-hybridized carbons (Fsp3) is 0.143. The number of amides is 1. The summed E-state index contributed by atoms with van der Waals surface area (Å²) in [5.74, 6) is -0.296. The first-order valence-electron chi connectivity index (χ1n) is 5.96. The van der Waals surface area contributed by atoms with E-state index in [1.54, 1.807) is 30.6 Å². The molecule has 0 bridgehead atoms.